The molecule has 0 saturated heterocycles. The molecule has 2 aromatic heterocycles. The predicted octanol–water partition coefficient (Wildman–Crippen LogP) is 3.00. The third-order valence-corrected chi connectivity index (χ3v) is 4.75. The van der Waals surface area contributed by atoms with E-state index in [4.69, 9.17) is 10.3 Å². The van der Waals surface area contributed by atoms with Crippen LogP contribution in [0.4, 0.5) is 0 Å². The molecule has 2 rings (SSSR count). The van der Waals surface area contributed by atoms with Crippen molar-refractivity contribution in [2.24, 2.45) is 5.73 Å². The summed E-state index contributed by atoms with van der Waals surface area (Å²) in [6.45, 7) is 9.58. The Bertz CT molecular complexity index is 688. The molecule has 0 fully saturated rings. The van der Waals surface area contributed by atoms with Gasteiger partial charge in [0.15, 0.2) is 0 Å². The van der Waals surface area contributed by atoms with Crippen molar-refractivity contribution in [3.05, 3.63) is 39.4 Å². The van der Waals surface area contributed by atoms with Gasteiger partial charge >= 0.3 is 0 Å². The van der Waals surface area contributed by atoms with E-state index in [1.807, 2.05) is 34.6 Å². The first-order valence-electron chi connectivity index (χ1n) is 6.65. The summed E-state index contributed by atoms with van der Waals surface area (Å²) in [6.07, 6.45) is 0. The van der Waals surface area contributed by atoms with Crippen LogP contribution in [-0.2, 0) is 5.75 Å². The zero-order valence-electron chi connectivity index (χ0n) is 12.9. The summed E-state index contributed by atoms with van der Waals surface area (Å²) in [6, 6.07) is 0. The standard InChI is InChI=1S/C15H19N3O2S/c1-7-8(2)13(14(16)19)15(17-9(7)3)21-6-12-10(4)18-20-11(12)5/h6H2,1-5H3,(H2,16,19). The van der Waals surface area contributed by atoms with Crippen molar-refractivity contribution >= 4 is 17.7 Å². The molecule has 2 N–H and O–H groups in total. The smallest absolute Gasteiger partial charge is 0.251 e. The van der Waals surface area contributed by atoms with Gasteiger partial charge in [-0.1, -0.05) is 5.16 Å². The van der Waals surface area contributed by atoms with E-state index in [0.29, 0.717) is 16.3 Å². The molecule has 0 unspecified atom stereocenters. The third-order valence-electron chi connectivity index (χ3n) is 3.74. The molecule has 0 radical (unpaired) electrons. The molecule has 112 valence electrons. The lowest BCUT2D eigenvalue weighted by Gasteiger charge is -2.13. The number of hydrogen-bond donors (Lipinski definition) is 1. The van der Waals surface area contributed by atoms with Gasteiger partial charge in [-0.2, -0.15) is 0 Å². The summed E-state index contributed by atoms with van der Waals surface area (Å²) < 4.78 is 5.15. The number of carbonyl (C=O) groups is 1. The highest BCUT2D eigenvalue weighted by Gasteiger charge is 2.18. The quantitative estimate of drug-likeness (QED) is 0.878. The fraction of sp³-hybridized carbons (Fsp3) is 0.400. The molecule has 2 aromatic rings. The second kappa shape index (κ2) is 5.89. The van der Waals surface area contributed by atoms with Crippen molar-refractivity contribution in [2.75, 3.05) is 0 Å². The van der Waals surface area contributed by atoms with Crippen molar-refractivity contribution in [2.45, 2.75) is 45.4 Å². The SMILES string of the molecule is Cc1nc(SCc2c(C)noc2C)c(C(N)=O)c(C)c1C. The maximum absolute atomic E-state index is 11.7. The Labute approximate surface area is 128 Å². The van der Waals surface area contributed by atoms with Gasteiger partial charge < -0.3 is 10.3 Å². The molecule has 0 aliphatic rings. The molecule has 0 aliphatic carbocycles. The largest absolute Gasteiger partial charge is 0.366 e. The second-order valence-corrected chi connectivity index (χ2v) is 6.05. The number of amides is 1. The summed E-state index contributed by atoms with van der Waals surface area (Å²) in [4.78, 5) is 16.3. The number of thioether (sulfide) groups is 1. The fourth-order valence-corrected chi connectivity index (χ4v) is 3.45. The first-order valence-corrected chi connectivity index (χ1v) is 7.63. The van der Waals surface area contributed by atoms with Crippen LogP contribution in [0.15, 0.2) is 9.55 Å². The molecule has 0 aromatic carbocycles. The minimum Gasteiger partial charge on any atom is -0.366 e. The van der Waals surface area contributed by atoms with E-state index in [9.17, 15) is 4.79 Å². The number of aryl methyl sites for hydroxylation is 3. The van der Waals surface area contributed by atoms with Gasteiger partial charge in [-0.3, -0.25) is 4.79 Å². The number of nitrogens with two attached hydrogens (primary N) is 1. The zero-order valence-corrected chi connectivity index (χ0v) is 13.7. The van der Waals surface area contributed by atoms with Crippen LogP contribution < -0.4 is 5.73 Å². The lowest BCUT2D eigenvalue weighted by molar-refractivity contribution is 0.0996. The Balaban J connectivity index is 2.38. The first kappa shape index (κ1) is 15.6. The molecule has 1 amide bonds. The van der Waals surface area contributed by atoms with Gasteiger partial charge in [0.1, 0.15) is 10.8 Å². The summed E-state index contributed by atoms with van der Waals surface area (Å²) in [5.41, 5.74) is 10.7. The van der Waals surface area contributed by atoms with Crippen LogP contribution in [-0.4, -0.2) is 16.0 Å². The average molecular weight is 305 g/mol. The Morgan fingerprint density at radius 1 is 1.14 bits per heavy atom. The minimum absolute atomic E-state index is 0.440. The highest BCUT2D eigenvalue weighted by molar-refractivity contribution is 7.98. The fourth-order valence-electron chi connectivity index (χ4n) is 2.15. The van der Waals surface area contributed by atoms with E-state index in [1.54, 1.807) is 0 Å². The maximum Gasteiger partial charge on any atom is 0.251 e. The lowest BCUT2D eigenvalue weighted by Crippen LogP contribution is -2.16. The summed E-state index contributed by atoms with van der Waals surface area (Å²) >= 11 is 1.49. The Kier molecular flexibility index (Phi) is 4.37. The molecular weight excluding hydrogens is 286 g/mol. The summed E-state index contributed by atoms with van der Waals surface area (Å²) in [7, 11) is 0. The molecule has 0 atom stereocenters. The normalized spacial score (nSPS) is 10.9. The van der Waals surface area contributed by atoms with Gasteiger partial charge in [0, 0.05) is 17.0 Å². The Morgan fingerprint density at radius 3 is 2.33 bits per heavy atom. The number of hydrogen-bond acceptors (Lipinski definition) is 5. The predicted molar refractivity (Wildman–Crippen MR) is 82.5 cm³/mol. The van der Waals surface area contributed by atoms with Gasteiger partial charge in [-0.25, -0.2) is 4.98 Å². The van der Waals surface area contributed by atoms with Gasteiger partial charge in [-0.05, 0) is 45.7 Å². The van der Waals surface area contributed by atoms with Crippen LogP contribution >= 0.6 is 11.8 Å². The second-order valence-electron chi connectivity index (χ2n) is 5.08. The molecule has 0 aliphatic heterocycles. The van der Waals surface area contributed by atoms with Crippen LogP contribution in [0.2, 0.25) is 0 Å². The van der Waals surface area contributed by atoms with Crippen LogP contribution in [0.5, 0.6) is 0 Å². The molecule has 5 nitrogen and oxygen atoms in total. The van der Waals surface area contributed by atoms with E-state index in [-0.39, 0.29) is 0 Å². The van der Waals surface area contributed by atoms with Crippen LogP contribution in [0, 0.1) is 34.6 Å². The number of rotatable bonds is 4. The lowest BCUT2D eigenvalue weighted by atomic mass is 10.0. The molecule has 2 heterocycles. The van der Waals surface area contributed by atoms with Crippen LogP contribution in [0.1, 0.15) is 44.2 Å². The molecule has 21 heavy (non-hydrogen) atoms. The van der Waals surface area contributed by atoms with Gasteiger partial charge in [-0.15, -0.1) is 11.8 Å². The first-order chi connectivity index (χ1) is 9.82. The number of pyridine rings is 1. The highest BCUT2D eigenvalue weighted by Crippen LogP contribution is 2.30. The monoisotopic (exact) mass is 305 g/mol. The molecule has 6 heteroatoms. The highest BCUT2D eigenvalue weighted by atomic mass is 32.2. The topological polar surface area (TPSA) is 82.0 Å². The number of carbonyl (C=O) groups excluding carboxylic acids is 1. The number of primary amides is 1. The van der Waals surface area contributed by atoms with Gasteiger partial charge in [0.2, 0.25) is 0 Å². The molecule has 0 spiro atoms. The third kappa shape index (κ3) is 2.95. The van der Waals surface area contributed by atoms with Crippen molar-refractivity contribution in [1.29, 1.82) is 0 Å². The van der Waals surface area contributed by atoms with Crippen LogP contribution in [0.25, 0.3) is 0 Å². The molecular formula is C15H19N3O2S. The van der Waals surface area contributed by atoms with E-state index in [1.165, 1.54) is 11.8 Å². The number of aromatic nitrogens is 2. The van der Waals surface area contributed by atoms with Crippen molar-refractivity contribution < 1.29 is 9.32 Å². The average Bonchev–Trinajstić information content (AvgIpc) is 2.72. The van der Waals surface area contributed by atoms with E-state index < -0.39 is 5.91 Å². The Hall–Kier alpha value is -1.82. The number of nitrogens with zero attached hydrogens (tertiary/aromatic N) is 2. The maximum atomic E-state index is 11.7. The van der Waals surface area contributed by atoms with Gasteiger partial charge in [0.25, 0.3) is 5.91 Å². The van der Waals surface area contributed by atoms with Gasteiger partial charge in [0.05, 0.1) is 11.3 Å². The van der Waals surface area contributed by atoms with Crippen molar-refractivity contribution in [3.63, 3.8) is 0 Å². The molecule has 0 bridgehead atoms. The minimum atomic E-state index is -0.440. The summed E-state index contributed by atoms with van der Waals surface area (Å²) in [5.74, 6) is 1.00. The van der Waals surface area contributed by atoms with Crippen LogP contribution in [0.3, 0.4) is 0 Å². The van der Waals surface area contributed by atoms with E-state index in [0.717, 1.165) is 33.8 Å². The van der Waals surface area contributed by atoms with E-state index in [2.05, 4.69) is 10.1 Å². The van der Waals surface area contributed by atoms with Crippen molar-refractivity contribution in [1.82, 2.24) is 10.1 Å². The summed E-state index contributed by atoms with van der Waals surface area (Å²) in [5, 5.41) is 4.60. The molecule has 0 saturated carbocycles. The Morgan fingerprint density at radius 2 is 1.81 bits per heavy atom. The van der Waals surface area contributed by atoms with Crippen molar-refractivity contribution in [3.8, 4) is 0 Å². The zero-order chi connectivity index (χ0) is 15.7. The van der Waals surface area contributed by atoms with E-state index >= 15 is 0 Å².